The third-order valence-corrected chi connectivity index (χ3v) is 2.49. The normalized spacial score (nSPS) is 37.5. The molecule has 1 fully saturated rings. The van der Waals surface area contributed by atoms with E-state index in [4.69, 9.17) is 10.2 Å². The summed E-state index contributed by atoms with van der Waals surface area (Å²) >= 11 is 0. The summed E-state index contributed by atoms with van der Waals surface area (Å²) in [6.45, 7) is 2.65. The van der Waals surface area contributed by atoms with Gasteiger partial charge in [-0.25, -0.2) is 0 Å². The molecule has 0 aliphatic carbocycles. The highest BCUT2D eigenvalue weighted by molar-refractivity contribution is 5.75. The highest BCUT2D eigenvalue weighted by atomic mass is 16.4. The van der Waals surface area contributed by atoms with E-state index in [9.17, 15) is 4.79 Å². The van der Waals surface area contributed by atoms with Gasteiger partial charge in [-0.3, -0.25) is 4.79 Å². The van der Waals surface area contributed by atoms with E-state index in [1.165, 1.54) is 0 Å². The van der Waals surface area contributed by atoms with E-state index in [-0.39, 0.29) is 12.5 Å². The van der Waals surface area contributed by atoms with Crippen LogP contribution in [0.3, 0.4) is 0 Å². The molecule has 0 spiro atoms. The van der Waals surface area contributed by atoms with Crippen LogP contribution in [0, 0.1) is 11.3 Å². The summed E-state index contributed by atoms with van der Waals surface area (Å²) in [7, 11) is 0. The van der Waals surface area contributed by atoms with Crippen LogP contribution in [0.5, 0.6) is 0 Å². The molecule has 1 heterocycles. The maximum Gasteiger partial charge on any atom is 0.311 e. The molecule has 64 valence electrons. The van der Waals surface area contributed by atoms with Gasteiger partial charge < -0.3 is 15.5 Å². The minimum Gasteiger partial charge on any atom is -0.481 e. The summed E-state index contributed by atoms with van der Waals surface area (Å²) in [4.78, 5) is 10.7. The standard InChI is InChI=1S/C7H13NO3/c1-7(6(10)11)4-8-2-5(7)3-9/h5,8-9H,2-4H2,1H3,(H,10,11)/t5-,7-/m0/s1. The molecular weight excluding hydrogens is 146 g/mol. The molecule has 1 aliphatic rings. The second-order valence-electron chi connectivity index (χ2n) is 3.23. The molecule has 1 rings (SSSR count). The van der Waals surface area contributed by atoms with Gasteiger partial charge in [-0.1, -0.05) is 0 Å². The van der Waals surface area contributed by atoms with E-state index in [0.717, 1.165) is 0 Å². The molecule has 0 bridgehead atoms. The Balaban J connectivity index is 2.75. The fourth-order valence-corrected chi connectivity index (χ4v) is 1.39. The number of nitrogens with one attached hydrogen (secondary N) is 1. The minimum absolute atomic E-state index is 0.0597. The van der Waals surface area contributed by atoms with Crippen LogP contribution >= 0.6 is 0 Å². The topological polar surface area (TPSA) is 69.6 Å². The summed E-state index contributed by atoms with van der Waals surface area (Å²) in [5, 5.41) is 20.6. The monoisotopic (exact) mass is 159 g/mol. The summed E-state index contributed by atoms with van der Waals surface area (Å²) < 4.78 is 0. The van der Waals surface area contributed by atoms with E-state index in [2.05, 4.69) is 5.32 Å². The molecule has 0 amide bonds. The zero-order valence-electron chi connectivity index (χ0n) is 6.50. The molecule has 0 radical (unpaired) electrons. The lowest BCUT2D eigenvalue weighted by Crippen LogP contribution is -2.37. The Kier molecular flexibility index (Phi) is 2.15. The van der Waals surface area contributed by atoms with Crippen molar-refractivity contribution in [2.45, 2.75) is 6.92 Å². The number of aliphatic hydroxyl groups is 1. The zero-order chi connectivity index (χ0) is 8.48. The number of hydrogen-bond acceptors (Lipinski definition) is 3. The number of aliphatic carboxylic acids is 1. The van der Waals surface area contributed by atoms with Gasteiger partial charge in [0.25, 0.3) is 0 Å². The van der Waals surface area contributed by atoms with Crippen LogP contribution in [0.4, 0.5) is 0 Å². The van der Waals surface area contributed by atoms with E-state index < -0.39 is 11.4 Å². The Bertz CT molecular complexity index is 171. The zero-order valence-corrected chi connectivity index (χ0v) is 6.50. The van der Waals surface area contributed by atoms with Crippen LogP contribution in [0.2, 0.25) is 0 Å². The van der Waals surface area contributed by atoms with Gasteiger partial charge in [-0.2, -0.15) is 0 Å². The highest BCUT2D eigenvalue weighted by Gasteiger charge is 2.44. The Morgan fingerprint density at radius 2 is 2.45 bits per heavy atom. The van der Waals surface area contributed by atoms with Gasteiger partial charge in [-0.15, -0.1) is 0 Å². The van der Waals surface area contributed by atoms with Gasteiger partial charge in [0.1, 0.15) is 0 Å². The van der Waals surface area contributed by atoms with E-state index in [1.807, 2.05) is 0 Å². The molecule has 0 aromatic carbocycles. The lowest BCUT2D eigenvalue weighted by atomic mass is 9.80. The van der Waals surface area contributed by atoms with Crippen LogP contribution in [-0.2, 0) is 4.79 Å². The van der Waals surface area contributed by atoms with E-state index in [0.29, 0.717) is 13.1 Å². The first kappa shape index (κ1) is 8.49. The Hall–Kier alpha value is -0.610. The van der Waals surface area contributed by atoms with Crippen molar-refractivity contribution < 1.29 is 15.0 Å². The Morgan fingerprint density at radius 1 is 1.82 bits per heavy atom. The van der Waals surface area contributed by atoms with Crippen LogP contribution in [0.15, 0.2) is 0 Å². The van der Waals surface area contributed by atoms with Crippen LogP contribution in [-0.4, -0.2) is 35.9 Å². The van der Waals surface area contributed by atoms with Crippen LogP contribution < -0.4 is 5.32 Å². The Morgan fingerprint density at radius 3 is 2.82 bits per heavy atom. The summed E-state index contributed by atoms with van der Waals surface area (Å²) in [6, 6.07) is 0. The predicted octanol–water partition coefficient (Wildman–Crippen LogP) is -0.711. The first-order valence-corrected chi connectivity index (χ1v) is 3.66. The van der Waals surface area contributed by atoms with Crippen molar-refractivity contribution in [3.8, 4) is 0 Å². The molecular formula is C7H13NO3. The molecule has 4 heteroatoms. The predicted molar refractivity (Wildman–Crippen MR) is 39.2 cm³/mol. The molecule has 0 saturated carbocycles. The van der Waals surface area contributed by atoms with Crippen LogP contribution in [0.25, 0.3) is 0 Å². The summed E-state index contributed by atoms with van der Waals surface area (Å²) in [5.41, 5.74) is -0.783. The first-order valence-electron chi connectivity index (χ1n) is 3.66. The molecule has 0 aromatic rings. The van der Waals surface area contributed by atoms with E-state index in [1.54, 1.807) is 6.92 Å². The number of aliphatic hydroxyl groups excluding tert-OH is 1. The minimum atomic E-state index is -0.832. The van der Waals surface area contributed by atoms with Crippen molar-refractivity contribution in [2.24, 2.45) is 11.3 Å². The average molecular weight is 159 g/mol. The number of carbonyl (C=O) groups is 1. The molecule has 0 aromatic heterocycles. The maximum atomic E-state index is 10.7. The average Bonchev–Trinajstić information content (AvgIpc) is 2.32. The summed E-state index contributed by atoms with van der Waals surface area (Å²) in [5.74, 6) is -0.985. The van der Waals surface area contributed by atoms with Crippen LogP contribution in [0.1, 0.15) is 6.92 Å². The van der Waals surface area contributed by atoms with Crippen molar-refractivity contribution in [3.05, 3.63) is 0 Å². The number of carboxylic acid groups (broad SMARTS) is 1. The molecule has 3 N–H and O–H groups in total. The fraction of sp³-hybridized carbons (Fsp3) is 0.857. The second kappa shape index (κ2) is 2.79. The van der Waals surface area contributed by atoms with Crippen molar-refractivity contribution in [3.63, 3.8) is 0 Å². The maximum absolute atomic E-state index is 10.7. The van der Waals surface area contributed by atoms with Gasteiger partial charge >= 0.3 is 5.97 Å². The quantitative estimate of drug-likeness (QED) is 0.498. The van der Waals surface area contributed by atoms with Gasteiger partial charge in [-0.05, 0) is 6.92 Å². The van der Waals surface area contributed by atoms with Gasteiger partial charge in [0.15, 0.2) is 0 Å². The van der Waals surface area contributed by atoms with E-state index >= 15 is 0 Å². The number of carboxylic acids is 1. The highest BCUT2D eigenvalue weighted by Crippen LogP contribution is 2.30. The smallest absolute Gasteiger partial charge is 0.311 e. The third-order valence-electron chi connectivity index (χ3n) is 2.49. The number of hydrogen-bond donors (Lipinski definition) is 3. The summed E-state index contributed by atoms with van der Waals surface area (Å²) in [6.07, 6.45) is 0. The van der Waals surface area contributed by atoms with Gasteiger partial charge in [0, 0.05) is 25.6 Å². The van der Waals surface area contributed by atoms with Crippen molar-refractivity contribution in [2.75, 3.05) is 19.7 Å². The molecule has 0 unspecified atom stereocenters. The molecule has 2 atom stereocenters. The molecule has 1 aliphatic heterocycles. The van der Waals surface area contributed by atoms with Crippen molar-refractivity contribution in [1.29, 1.82) is 0 Å². The lowest BCUT2D eigenvalue weighted by molar-refractivity contribution is -0.149. The third kappa shape index (κ3) is 1.23. The molecule has 4 nitrogen and oxygen atoms in total. The molecule has 1 saturated heterocycles. The molecule has 11 heavy (non-hydrogen) atoms. The van der Waals surface area contributed by atoms with Crippen molar-refractivity contribution in [1.82, 2.24) is 5.32 Å². The fourth-order valence-electron chi connectivity index (χ4n) is 1.39. The lowest BCUT2D eigenvalue weighted by Gasteiger charge is -2.23. The van der Waals surface area contributed by atoms with Crippen molar-refractivity contribution >= 4 is 5.97 Å². The SMILES string of the molecule is C[C@]1(C(=O)O)CNC[C@H]1CO. The first-order chi connectivity index (χ1) is 5.11. The number of rotatable bonds is 2. The second-order valence-corrected chi connectivity index (χ2v) is 3.23. The largest absolute Gasteiger partial charge is 0.481 e. The Labute approximate surface area is 65.2 Å². The van der Waals surface area contributed by atoms with Gasteiger partial charge in [0.05, 0.1) is 5.41 Å². The van der Waals surface area contributed by atoms with Gasteiger partial charge in [0.2, 0.25) is 0 Å².